The molecule has 0 saturated heterocycles. The number of benzene rings is 2. The van der Waals surface area contributed by atoms with Crippen LogP contribution in [0.3, 0.4) is 0 Å². The summed E-state index contributed by atoms with van der Waals surface area (Å²) in [6, 6.07) is 16.0. The van der Waals surface area contributed by atoms with E-state index in [1.807, 2.05) is 11.8 Å². The number of nitro benzene ring substituents is 1. The Labute approximate surface area is 221 Å². The fraction of sp³-hybridized carbons (Fsp3) is 0.379. The number of nitrogens with zero attached hydrogens (tertiary/aromatic N) is 3. The van der Waals surface area contributed by atoms with Crippen LogP contribution < -0.4 is 0 Å². The van der Waals surface area contributed by atoms with Crippen molar-refractivity contribution >= 4 is 28.8 Å². The first-order valence-corrected chi connectivity index (χ1v) is 13.5. The third kappa shape index (κ3) is 5.74. The molecule has 7 nitrogen and oxygen atoms in total. The van der Waals surface area contributed by atoms with Crippen LogP contribution in [0.2, 0.25) is 0 Å². The van der Waals surface area contributed by atoms with Crippen molar-refractivity contribution in [1.29, 1.82) is 0 Å². The zero-order valence-corrected chi connectivity index (χ0v) is 22.6. The Morgan fingerprint density at radius 3 is 2.35 bits per heavy atom. The maximum Gasteiger partial charge on any atom is 0.269 e. The molecule has 1 unspecified atom stereocenters. The highest BCUT2D eigenvalue weighted by molar-refractivity contribution is 7.10. The summed E-state index contributed by atoms with van der Waals surface area (Å²) in [7, 11) is 0. The number of rotatable bonds is 7. The number of hydrogen-bond acceptors (Lipinski definition) is 5. The molecule has 0 aliphatic carbocycles. The Hall–Kier alpha value is -3.52. The van der Waals surface area contributed by atoms with Crippen LogP contribution in [0.15, 0.2) is 60.0 Å². The molecule has 1 aromatic heterocycles. The number of non-ortho nitro benzene ring substituents is 1. The molecule has 2 heterocycles. The smallest absolute Gasteiger partial charge is 0.269 e. The second-order valence-electron chi connectivity index (χ2n) is 10.4. The number of fused-ring (bicyclic) bond motifs is 1. The summed E-state index contributed by atoms with van der Waals surface area (Å²) in [5.41, 5.74) is 3.74. The molecule has 194 valence electrons. The van der Waals surface area contributed by atoms with Gasteiger partial charge in [0.2, 0.25) is 5.91 Å². The average Bonchev–Trinajstić information content (AvgIpc) is 3.36. The summed E-state index contributed by atoms with van der Waals surface area (Å²) in [4.78, 5) is 42.2. The van der Waals surface area contributed by atoms with Crippen molar-refractivity contribution in [2.45, 2.75) is 52.0 Å². The number of carbonyl (C=O) groups excluding carboxylic acids is 2. The fourth-order valence-corrected chi connectivity index (χ4v) is 5.70. The van der Waals surface area contributed by atoms with E-state index in [0.717, 1.165) is 17.5 Å². The quantitative estimate of drug-likeness (QED) is 0.284. The first-order chi connectivity index (χ1) is 17.6. The van der Waals surface area contributed by atoms with E-state index in [-0.39, 0.29) is 35.5 Å². The number of thiophene rings is 1. The average molecular weight is 520 g/mol. The third-order valence-corrected chi connectivity index (χ3v) is 7.81. The Kier molecular flexibility index (Phi) is 7.78. The van der Waals surface area contributed by atoms with Crippen molar-refractivity contribution in [3.63, 3.8) is 0 Å². The Balaban J connectivity index is 1.60. The number of amides is 2. The highest BCUT2D eigenvalue weighted by Gasteiger charge is 2.34. The summed E-state index contributed by atoms with van der Waals surface area (Å²) in [6.07, 6.45) is 1.48. The fourth-order valence-electron chi connectivity index (χ4n) is 4.79. The molecule has 8 heteroatoms. The molecule has 0 radical (unpaired) electrons. The molecule has 1 atom stereocenters. The molecule has 37 heavy (non-hydrogen) atoms. The van der Waals surface area contributed by atoms with Gasteiger partial charge in [0, 0.05) is 35.7 Å². The van der Waals surface area contributed by atoms with Crippen molar-refractivity contribution in [2.75, 3.05) is 19.6 Å². The third-order valence-electron chi connectivity index (χ3n) is 6.81. The molecular weight excluding hydrogens is 486 g/mol. The van der Waals surface area contributed by atoms with Crippen LogP contribution in [0, 0.1) is 10.1 Å². The van der Waals surface area contributed by atoms with Crippen molar-refractivity contribution in [2.24, 2.45) is 0 Å². The van der Waals surface area contributed by atoms with Gasteiger partial charge in [-0.3, -0.25) is 19.7 Å². The van der Waals surface area contributed by atoms with E-state index in [9.17, 15) is 19.7 Å². The van der Waals surface area contributed by atoms with Gasteiger partial charge in [0.05, 0.1) is 11.0 Å². The van der Waals surface area contributed by atoms with E-state index in [0.29, 0.717) is 25.1 Å². The van der Waals surface area contributed by atoms with Crippen molar-refractivity contribution < 1.29 is 14.5 Å². The molecule has 0 saturated carbocycles. The summed E-state index contributed by atoms with van der Waals surface area (Å²) >= 11 is 1.72. The van der Waals surface area contributed by atoms with Crippen molar-refractivity contribution in [1.82, 2.24) is 9.80 Å². The largest absolute Gasteiger partial charge is 0.330 e. The minimum Gasteiger partial charge on any atom is -0.330 e. The van der Waals surface area contributed by atoms with E-state index in [1.54, 1.807) is 16.2 Å². The lowest BCUT2D eigenvalue weighted by Crippen LogP contribution is -2.47. The maximum absolute atomic E-state index is 13.8. The predicted octanol–water partition coefficient (Wildman–Crippen LogP) is 5.98. The zero-order chi connectivity index (χ0) is 26.7. The standard InChI is InChI=1S/C29H33N3O4S/c1-5-16-30(28(34)21-8-12-23(13-9-21)32(35)36)19-26(33)31-17-14-25-24(15-18-37-25)27(31)20-6-10-22(11-7-20)29(2,3)4/h6-13,15,18,27H,5,14,16-17,19H2,1-4H3. The maximum atomic E-state index is 13.8. The van der Waals surface area contributed by atoms with Gasteiger partial charge in [0.25, 0.3) is 11.6 Å². The van der Waals surface area contributed by atoms with Gasteiger partial charge in [-0.1, -0.05) is 52.0 Å². The summed E-state index contributed by atoms with van der Waals surface area (Å²) < 4.78 is 0. The molecule has 1 aliphatic rings. The number of nitro groups is 1. The molecule has 1 aliphatic heterocycles. The molecular formula is C29H33N3O4S. The van der Waals surface area contributed by atoms with E-state index in [1.165, 1.54) is 34.7 Å². The molecule has 2 amide bonds. The van der Waals surface area contributed by atoms with Gasteiger partial charge in [-0.25, -0.2) is 0 Å². The molecule has 3 aromatic rings. The van der Waals surface area contributed by atoms with Gasteiger partial charge in [-0.05, 0) is 58.5 Å². The minimum absolute atomic E-state index is 0.0347. The lowest BCUT2D eigenvalue weighted by Gasteiger charge is -2.38. The molecule has 0 spiro atoms. The highest BCUT2D eigenvalue weighted by atomic mass is 32.1. The highest BCUT2D eigenvalue weighted by Crippen LogP contribution is 2.38. The normalized spacial score (nSPS) is 15.2. The second kappa shape index (κ2) is 10.8. The van der Waals surface area contributed by atoms with E-state index in [2.05, 4.69) is 56.5 Å². The van der Waals surface area contributed by atoms with E-state index in [4.69, 9.17) is 0 Å². The van der Waals surface area contributed by atoms with Gasteiger partial charge in [-0.15, -0.1) is 11.3 Å². The van der Waals surface area contributed by atoms with E-state index < -0.39 is 4.92 Å². The van der Waals surface area contributed by atoms with Gasteiger partial charge >= 0.3 is 0 Å². The van der Waals surface area contributed by atoms with Gasteiger partial charge in [-0.2, -0.15) is 0 Å². The monoisotopic (exact) mass is 519 g/mol. The van der Waals surface area contributed by atoms with Crippen molar-refractivity contribution in [3.05, 3.63) is 97.2 Å². The van der Waals surface area contributed by atoms with Crippen LogP contribution in [-0.2, 0) is 16.6 Å². The first-order valence-electron chi connectivity index (χ1n) is 12.6. The summed E-state index contributed by atoms with van der Waals surface area (Å²) in [5.74, 6) is -0.408. The SMILES string of the molecule is CCCN(CC(=O)N1CCc2sccc2C1c1ccc(C(C)(C)C)cc1)C(=O)c1ccc([N+](=O)[O-])cc1. The molecule has 4 rings (SSSR count). The Morgan fingerprint density at radius 1 is 1.08 bits per heavy atom. The Bertz CT molecular complexity index is 1280. The lowest BCUT2D eigenvalue weighted by atomic mass is 9.85. The number of carbonyl (C=O) groups is 2. The minimum atomic E-state index is -0.495. The van der Waals surface area contributed by atoms with Crippen molar-refractivity contribution in [3.8, 4) is 0 Å². The topological polar surface area (TPSA) is 83.8 Å². The van der Waals surface area contributed by atoms with Crippen LogP contribution in [-0.4, -0.2) is 46.2 Å². The van der Waals surface area contributed by atoms with Gasteiger partial charge in [0.15, 0.2) is 0 Å². The molecule has 2 aromatic carbocycles. The molecule has 0 N–H and O–H groups in total. The van der Waals surface area contributed by atoms with Crippen LogP contribution in [0.5, 0.6) is 0 Å². The van der Waals surface area contributed by atoms with Crippen LogP contribution in [0.4, 0.5) is 5.69 Å². The second-order valence-corrected chi connectivity index (χ2v) is 11.4. The predicted molar refractivity (Wildman–Crippen MR) is 146 cm³/mol. The first kappa shape index (κ1) is 26.5. The Morgan fingerprint density at radius 2 is 1.76 bits per heavy atom. The lowest BCUT2D eigenvalue weighted by molar-refractivity contribution is -0.384. The summed E-state index contributed by atoms with van der Waals surface area (Å²) in [5, 5.41) is 13.1. The van der Waals surface area contributed by atoms with E-state index >= 15 is 0 Å². The zero-order valence-electron chi connectivity index (χ0n) is 21.8. The van der Waals surface area contributed by atoms with Crippen LogP contribution in [0.25, 0.3) is 0 Å². The molecule has 0 bridgehead atoms. The van der Waals surface area contributed by atoms with Gasteiger partial charge in [0.1, 0.15) is 6.54 Å². The number of hydrogen-bond donors (Lipinski definition) is 0. The van der Waals surface area contributed by atoms with Gasteiger partial charge < -0.3 is 9.80 Å². The molecule has 0 fully saturated rings. The van der Waals surface area contributed by atoms with Crippen LogP contribution in [0.1, 0.15) is 72.1 Å². The summed E-state index contributed by atoms with van der Waals surface area (Å²) in [6.45, 7) is 9.46. The van der Waals surface area contributed by atoms with Crippen LogP contribution >= 0.6 is 11.3 Å².